The molecular weight excluding hydrogens is 368 g/mol. The van der Waals surface area contributed by atoms with Crippen LogP contribution in [0.5, 0.6) is 11.5 Å². The molecule has 0 unspecified atom stereocenters. The van der Waals surface area contributed by atoms with Crippen molar-refractivity contribution in [3.05, 3.63) is 88.0 Å². The SMILES string of the molecule is Cc1c(OC(=O)c2ccco2)ccc2c1O/C(=C\c1ccccc1Cl)C2=O. The van der Waals surface area contributed by atoms with E-state index in [1.54, 1.807) is 49.4 Å². The number of carbonyl (C=O) groups is 2. The summed E-state index contributed by atoms with van der Waals surface area (Å²) < 4.78 is 16.1. The number of hydrogen-bond donors (Lipinski definition) is 0. The molecule has 0 amide bonds. The number of ketones is 1. The maximum Gasteiger partial charge on any atom is 0.379 e. The molecule has 2 aromatic carbocycles. The summed E-state index contributed by atoms with van der Waals surface area (Å²) in [5, 5.41) is 0.516. The van der Waals surface area contributed by atoms with Gasteiger partial charge in [-0.2, -0.15) is 0 Å². The van der Waals surface area contributed by atoms with Crippen LogP contribution in [0.4, 0.5) is 0 Å². The van der Waals surface area contributed by atoms with Gasteiger partial charge in [-0.3, -0.25) is 4.79 Å². The van der Waals surface area contributed by atoms with E-state index in [9.17, 15) is 9.59 Å². The van der Waals surface area contributed by atoms with Gasteiger partial charge in [0, 0.05) is 10.6 Å². The predicted molar refractivity (Wildman–Crippen MR) is 99.2 cm³/mol. The lowest BCUT2D eigenvalue weighted by Gasteiger charge is -2.09. The number of Topliss-reactive ketones (excluding diaryl/α,β-unsaturated/α-hetero) is 1. The first-order valence-electron chi connectivity index (χ1n) is 8.12. The van der Waals surface area contributed by atoms with Gasteiger partial charge in [0.15, 0.2) is 5.76 Å². The maximum absolute atomic E-state index is 12.6. The van der Waals surface area contributed by atoms with E-state index in [0.717, 1.165) is 0 Å². The van der Waals surface area contributed by atoms with Gasteiger partial charge in [-0.25, -0.2) is 4.79 Å². The molecule has 134 valence electrons. The van der Waals surface area contributed by atoms with Crippen LogP contribution < -0.4 is 9.47 Å². The Morgan fingerprint density at radius 1 is 1.11 bits per heavy atom. The van der Waals surface area contributed by atoms with Gasteiger partial charge in [0.25, 0.3) is 0 Å². The van der Waals surface area contributed by atoms with Crippen molar-refractivity contribution >= 4 is 29.4 Å². The standard InChI is InChI=1S/C21H13ClO5/c1-12-16(27-21(24)17-7-4-10-25-17)9-8-14-19(23)18(26-20(12)14)11-13-5-2-3-6-15(13)22/h2-11H,1H3/b18-11-. The Bertz CT molecular complexity index is 1080. The zero-order chi connectivity index (χ0) is 19.0. The van der Waals surface area contributed by atoms with Gasteiger partial charge in [-0.15, -0.1) is 0 Å². The summed E-state index contributed by atoms with van der Waals surface area (Å²) in [5.41, 5.74) is 1.63. The molecule has 0 radical (unpaired) electrons. The number of rotatable bonds is 3. The molecule has 1 aliphatic heterocycles. The first-order valence-corrected chi connectivity index (χ1v) is 8.50. The summed E-state index contributed by atoms with van der Waals surface area (Å²) >= 11 is 6.15. The third kappa shape index (κ3) is 3.13. The number of ether oxygens (including phenoxy) is 2. The number of benzene rings is 2. The minimum Gasteiger partial charge on any atom is -0.457 e. The second-order valence-corrected chi connectivity index (χ2v) is 6.30. The van der Waals surface area contributed by atoms with Crippen LogP contribution in [0, 0.1) is 6.92 Å². The number of esters is 1. The third-order valence-electron chi connectivity index (χ3n) is 4.15. The van der Waals surface area contributed by atoms with Crippen LogP contribution in [0.25, 0.3) is 6.08 Å². The van der Waals surface area contributed by atoms with Crippen molar-refractivity contribution in [2.75, 3.05) is 0 Å². The van der Waals surface area contributed by atoms with E-state index in [-0.39, 0.29) is 17.3 Å². The average Bonchev–Trinajstić information content (AvgIpc) is 3.29. The fraction of sp³-hybridized carbons (Fsp3) is 0.0476. The molecule has 0 spiro atoms. The zero-order valence-corrected chi connectivity index (χ0v) is 14.9. The van der Waals surface area contributed by atoms with Gasteiger partial charge in [-0.1, -0.05) is 29.8 Å². The van der Waals surface area contributed by atoms with Gasteiger partial charge >= 0.3 is 5.97 Å². The Hall–Kier alpha value is -3.31. The molecule has 6 heteroatoms. The fourth-order valence-electron chi connectivity index (χ4n) is 2.76. The number of allylic oxidation sites excluding steroid dienone is 1. The highest BCUT2D eigenvalue weighted by molar-refractivity contribution is 6.32. The highest BCUT2D eigenvalue weighted by Gasteiger charge is 2.31. The second-order valence-electron chi connectivity index (χ2n) is 5.89. The predicted octanol–water partition coefficient (Wildman–Crippen LogP) is 5.08. The van der Waals surface area contributed by atoms with Gasteiger partial charge < -0.3 is 13.9 Å². The first-order chi connectivity index (χ1) is 13.0. The molecule has 27 heavy (non-hydrogen) atoms. The Labute approximate surface area is 159 Å². The molecule has 3 aromatic rings. The maximum atomic E-state index is 12.6. The summed E-state index contributed by atoms with van der Waals surface area (Å²) in [7, 11) is 0. The van der Waals surface area contributed by atoms with Crippen LogP contribution in [-0.4, -0.2) is 11.8 Å². The number of carbonyl (C=O) groups excluding carboxylic acids is 2. The summed E-state index contributed by atoms with van der Waals surface area (Å²) in [5.74, 6) is 0.0306. The van der Waals surface area contributed by atoms with Crippen LogP contribution in [0.1, 0.15) is 32.0 Å². The van der Waals surface area contributed by atoms with Crippen LogP contribution in [-0.2, 0) is 0 Å². The minimum atomic E-state index is -0.626. The molecule has 4 rings (SSSR count). The molecule has 1 aromatic heterocycles. The summed E-state index contributed by atoms with van der Waals surface area (Å²) in [6.07, 6.45) is 2.98. The van der Waals surface area contributed by atoms with Gasteiger partial charge in [-0.05, 0) is 48.9 Å². The van der Waals surface area contributed by atoms with Crippen molar-refractivity contribution in [1.82, 2.24) is 0 Å². The highest BCUT2D eigenvalue weighted by atomic mass is 35.5. The zero-order valence-electron chi connectivity index (χ0n) is 14.2. The summed E-state index contributed by atoms with van der Waals surface area (Å²) in [6, 6.07) is 13.4. The van der Waals surface area contributed by atoms with Gasteiger partial charge in [0.1, 0.15) is 11.5 Å². The van der Waals surface area contributed by atoms with E-state index in [2.05, 4.69) is 0 Å². The largest absolute Gasteiger partial charge is 0.457 e. The molecule has 0 saturated carbocycles. The lowest BCUT2D eigenvalue weighted by Crippen LogP contribution is -2.08. The number of fused-ring (bicyclic) bond motifs is 1. The first kappa shape index (κ1) is 17.1. The molecule has 0 fully saturated rings. The van der Waals surface area contributed by atoms with E-state index < -0.39 is 5.97 Å². The molecule has 0 N–H and O–H groups in total. The normalized spacial score (nSPS) is 14.1. The Balaban J connectivity index is 1.65. The van der Waals surface area contributed by atoms with Gasteiger partial charge in [0.05, 0.1) is 11.8 Å². The molecule has 0 aliphatic carbocycles. The van der Waals surface area contributed by atoms with Crippen molar-refractivity contribution in [2.24, 2.45) is 0 Å². The molecule has 1 aliphatic rings. The molecule has 0 saturated heterocycles. The lowest BCUT2D eigenvalue weighted by atomic mass is 10.1. The van der Waals surface area contributed by atoms with Crippen molar-refractivity contribution in [1.29, 1.82) is 0 Å². The third-order valence-corrected chi connectivity index (χ3v) is 4.50. The minimum absolute atomic E-state index is 0.0891. The molecular formula is C21H13ClO5. The number of halogens is 1. The van der Waals surface area contributed by atoms with Crippen LogP contribution >= 0.6 is 11.6 Å². The molecule has 0 bridgehead atoms. The summed E-state index contributed by atoms with van der Waals surface area (Å²) in [4.78, 5) is 24.7. The van der Waals surface area contributed by atoms with Crippen LogP contribution in [0.3, 0.4) is 0 Å². The van der Waals surface area contributed by atoms with Crippen molar-refractivity contribution < 1.29 is 23.5 Å². The van der Waals surface area contributed by atoms with E-state index in [0.29, 0.717) is 33.2 Å². The summed E-state index contributed by atoms with van der Waals surface area (Å²) in [6.45, 7) is 1.72. The van der Waals surface area contributed by atoms with Crippen LogP contribution in [0.15, 0.2) is 65.0 Å². The van der Waals surface area contributed by atoms with E-state index in [1.807, 2.05) is 6.07 Å². The number of hydrogen-bond acceptors (Lipinski definition) is 5. The lowest BCUT2D eigenvalue weighted by molar-refractivity contribution is 0.0700. The van der Waals surface area contributed by atoms with Crippen LogP contribution in [0.2, 0.25) is 5.02 Å². The highest BCUT2D eigenvalue weighted by Crippen LogP contribution is 2.39. The topological polar surface area (TPSA) is 65.7 Å². The Morgan fingerprint density at radius 2 is 1.93 bits per heavy atom. The van der Waals surface area contributed by atoms with Crippen molar-refractivity contribution in [2.45, 2.75) is 6.92 Å². The molecule has 2 heterocycles. The molecule has 0 atom stereocenters. The van der Waals surface area contributed by atoms with E-state index in [1.165, 1.54) is 12.3 Å². The monoisotopic (exact) mass is 380 g/mol. The smallest absolute Gasteiger partial charge is 0.379 e. The van der Waals surface area contributed by atoms with E-state index in [4.69, 9.17) is 25.5 Å². The average molecular weight is 381 g/mol. The Morgan fingerprint density at radius 3 is 2.67 bits per heavy atom. The molecule has 5 nitrogen and oxygen atoms in total. The number of furan rings is 1. The quantitative estimate of drug-likeness (QED) is 0.360. The van der Waals surface area contributed by atoms with Gasteiger partial charge in [0.2, 0.25) is 11.5 Å². The van der Waals surface area contributed by atoms with Crippen molar-refractivity contribution in [3.63, 3.8) is 0 Å². The van der Waals surface area contributed by atoms with E-state index >= 15 is 0 Å². The second kappa shape index (κ2) is 6.78. The fourth-order valence-corrected chi connectivity index (χ4v) is 2.95. The Kier molecular flexibility index (Phi) is 4.30. The van der Waals surface area contributed by atoms with Crippen molar-refractivity contribution in [3.8, 4) is 11.5 Å².